The van der Waals surface area contributed by atoms with Crippen LogP contribution in [0.1, 0.15) is 11.1 Å². The quantitative estimate of drug-likeness (QED) is 0.208. The second-order valence-electron chi connectivity index (χ2n) is 6.54. The summed E-state index contributed by atoms with van der Waals surface area (Å²) in [7, 11) is 3.19. The Hall–Kier alpha value is -3.42. The summed E-state index contributed by atoms with van der Waals surface area (Å²) in [6.45, 7) is 0. The fraction of sp³-hybridized carbons (Fsp3) is 0.182. The molecule has 2 N–H and O–H groups in total. The summed E-state index contributed by atoms with van der Waals surface area (Å²) >= 11 is 3.80. The Morgan fingerprint density at radius 3 is 1.57 bits per heavy atom. The molecule has 1 heterocycles. The number of hydrogen-bond acceptors (Lipinski definition) is 11. The Morgan fingerprint density at radius 1 is 0.800 bits per heavy atom. The van der Waals surface area contributed by atoms with Gasteiger partial charge in [0.05, 0.1) is 38.2 Å². The van der Waals surface area contributed by atoms with E-state index < -0.39 is 0 Å². The van der Waals surface area contributed by atoms with E-state index in [1.807, 2.05) is 48.5 Å². The van der Waals surface area contributed by atoms with Gasteiger partial charge in [0.25, 0.3) is 11.8 Å². The average Bonchev–Trinajstić information content (AvgIpc) is 3.35. The van der Waals surface area contributed by atoms with Crippen LogP contribution in [0.3, 0.4) is 0 Å². The largest absolute Gasteiger partial charge is 0.497 e. The van der Waals surface area contributed by atoms with Crippen LogP contribution in [0.5, 0.6) is 11.5 Å². The fourth-order valence-electron chi connectivity index (χ4n) is 2.37. The first-order valence-corrected chi connectivity index (χ1v) is 12.9. The average molecular weight is 531 g/mol. The molecule has 0 radical (unpaired) electrons. The van der Waals surface area contributed by atoms with Crippen molar-refractivity contribution in [1.82, 2.24) is 21.0 Å². The SMILES string of the molecule is COc1ccc(C=NNC(=O)CSc2nnc(SCC(=O)NN=Cc3ccc(OC)cc3)s2)cc1. The summed E-state index contributed by atoms with van der Waals surface area (Å²) in [5.41, 5.74) is 6.61. The molecule has 1 aromatic heterocycles. The van der Waals surface area contributed by atoms with E-state index >= 15 is 0 Å². The Bertz CT molecular complexity index is 1080. The lowest BCUT2D eigenvalue weighted by atomic mass is 10.2. The predicted octanol–water partition coefficient (Wildman–Crippen LogP) is 3.04. The summed E-state index contributed by atoms with van der Waals surface area (Å²) in [5.74, 6) is 1.24. The minimum atomic E-state index is -0.265. The highest BCUT2D eigenvalue weighted by Crippen LogP contribution is 2.28. The molecule has 0 fully saturated rings. The van der Waals surface area contributed by atoms with Crippen molar-refractivity contribution in [2.24, 2.45) is 10.2 Å². The third-order valence-corrected chi connectivity index (χ3v) is 7.27. The maximum Gasteiger partial charge on any atom is 0.250 e. The first-order chi connectivity index (χ1) is 17.1. The molecule has 0 saturated heterocycles. The first kappa shape index (κ1) is 26.2. The lowest BCUT2D eigenvalue weighted by Gasteiger charge is -2.00. The minimum absolute atomic E-state index is 0.139. The summed E-state index contributed by atoms with van der Waals surface area (Å²) in [5, 5.41) is 15.9. The third kappa shape index (κ3) is 9.39. The van der Waals surface area contributed by atoms with Crippen LogP contribution in [0.25, 0.3) is 0 Å². The van der Waals surface area contributed by atoms with Gasteiger partial charge in [0.1, 0.15) is 11.5 Å². The molecule has 0 spiro atoms. The third-order valence-electron chi connectivity index (χ3n) is 4.08. The summed E-state index contributed by atoms with van der Waals surface area (Å²) < 4.78 is 11.4. The van der Waals surface area contributed by atoms with Crippen molar-refractivity contribution in [3.63, 3.8) is 0 Å². The van der Waals surface area contributed by atoms with Gasteiger partial charge in [-0.2, -0.15) is 10.2 Å². The molecule has 3 rings (SSSR count). The topological polar surface area (TPSA) is 127 Å². The Labute approximate surface area is 214 Å². The normalized spacial score (nSPS) is 11.0. The molecule has 2 aromatic carbocycles. The molecule has 35 heavy (non-hydrogen) atoms. The van der Waals surface area contributed by atoms with Crippen molar-refractivity contribution in [3.05, 3.63) is 59.7 Å². The highest BCUT2D eigenvalue weighted by Gasteiger charge is 2.10. The van der Waals surface area contributed by atoms with Crippen molar-refractivity contribution in [2.45, 2.75) is 8.68 Å². The van der Waals surface area contributed by atoms with Crippen molar-refractivity contribution >= 4 is 59.1 Å². The van der Waals surface area contributed by atoms with Gasteiger partial charge in [-0.3, -0.25) is 9.59 Å². The van der Waals surface area contributed by atoms with Gasteiger partial charge in [0.2, 0.25) is 0 Å². The second kappa shape index (κ2) is 14.1. The molecule has 0 unspecified atom stereocenters. The van der Waals surface area contributed by atoms with Gasteiger partial charge in [0.15, 0.2) is 8.68 Å². The van der Waals surface area contributed by atoms with E-state index in [2.05, 4.69) is 31.3 Å². The smallest absolute Gasteiger partial charge is 0.250 e. The van der Waals surface area contributed by atoms with E-state index in [0.717, 1.165) is 22.6 Å². The van der Waals surface area contributed by atoms with Gasteiger partial charge in [-0.25, -0.2) is 10.9 Å². The molecular formula is C22H22N6O4S3. The van der Waals surface area contributed by atoms with Crippen molar-refractivity contribution in [1.29, 1.82) is 0 Å². The zero-order valence-electron chi connectivity index (χ0n) is 18.8. The summed E-state index contributed by atoms with van der Waals surface area (Å²) in [4.78, 5) is 24.0. The van der Waals surface area contributed by atoms with Crippen LogP contribution >= 0.6 is 34.9 Å². The van der Waals surface area contributed by atoms with Gasteiger partial charge >= 0.3 is 0 Å². The maximum atomic E-state index is 12.0. The molecule has 0 bridgehead atoms. The van der Waals surface area contributed by atoms with Crippen LogP contribution in [0.4, 0.5) is 0 Å². The summed E-state index contributed by atoms with van der Waals surface area (Å²) in [6.07, 6.45) is 3.10. The molecule has 3 aromatic rings. The molecule has 0 aliphatic heterocycles. The zero-order chi connectivity index (χ0) is 24.9. The van der Waals surface area contributed by atoms with Crippen LogP contribution in [-0.4, -0.2) is 60.2 Å². The van der Waals surface area contributed by atoms with E-state index in [9.17, 15) is 9.59 Å². The molecular weight excluding hydrogens is 508 g/mol. The number of rotatable bonds is 12. The van der Waals surface area contributed by atoms with E-state index in [0.29, 0.717) is 8.68 Å². The highest BCUT2D eigenvalue weighted by atomic mass is 32.2. The van der Waals surface area contributed by atoms with Gasteiger partial charge in [-0.1, -0.05) is 34.9 Å². The number of nitrogens with one attached hydrogen (secondary N) is 2. The van der Waals surface area contributed by atoms with Crippen LogP contribution in [0, 0.1) is 0 Å². The number of carbonyl (C=O) groups is 2. The van der Waals surface area contributed by atoms with E-state index in [-0.39, 0.29) is 23.3 Å². The zero-order valence-corrected chi connectivity index (χ0v) is 21.3. The Kier molecular flexibility index (Phi) is 10.5. The molecule has 182 valence electrons. The van der Waals surface area contributed by atoms with Crippen LogP contribution in [0.15, 0.2) is 67.4 Å². The lowest BCUT2D eigenvalue weighted by Crippen LogP contribution is -2.19. The van der Waals surface area contributed by atoms with Gasteiger partial charge in [-0.05, 0) is 59.7 Å². The summed E-state index contributed by atoms with van der Waals surface area (Å²) in [6, 6.07) is 14.6. The number of amides is 2. The number of ether oxygens (including phenoxy) is 2. The van der Waals surface area contributed by atoms with E-state index in [1.54, 1.807) is 26.6 Å². The van der Waals surface area contributed by atoms with Crippen molar-refractivity contribution in [2.75, 3.05) is 25.7 Å². The van der Waals surface area contributed by atoms with Gasteiger partial charge in [0, 0.05) is 0 Å². The number of carbonyl (C=O) groups excluding carboxylic acids is 2. The molecule has 13 heteroatoms. The number of hydrogen-bond donors (Lipinski definition) is 2. The number of benzene rings is 2. The highest BCUT2D eigenvalue weighted by molar-refractivity contribution is 8.03. The molecule has 0 aliphatic rings. The number of nitrogens with zero attached hydrogens (tertiary/aromatic N) is 4. The van der Waals surface area contributed by atoms with Gasteiger partial charge in [-0.15, -0.1) is 10.2 Å². The number of hydrazone groups is 2. The van der Waals surface area contributed by atoms with Crippen LogP contribution < -0.4 is 20.3 Å². The van der Waals surface area contributed by atoms with Crippen LogP contribution in [0.2, 0.25) is 0 Å². The van der Waals surface area contributed by atoms with E-state index in [1.165, 1.54) is 34.9 Å². The Morgan fingerprint density at radius 2 is 1.20 bits per heavy atom. The van der Waals surface area contributed by atoms with Crippen LogP contribution in [-0.2, 0) is 9.59 Å². The van der Waals surface area contributed by atoms with Crippen molar-refractivity contribution in [3.8, 4) is 11.5 Å². The standard InChI is InChI=1S/C22H22N6O4S3/c1-31-17-7-3-15(4-8-17)11-23-25-19(29)13-33-21-27-28-22(35-21)34-14-20(30)26-24-12-16-5-9-18(32-2)10-6-16/h3-12H,13-14H2,1-2H3,(H,25,29)(H,26,30). The first-order valence-electron chi connectivity index (χ1n) is 10.1. The molecule has 10 nitrogen and oxygen atoms in total. The second-order valence-corrected chi connectivity index (χ2v) is 9.97. The minimum Gasteiger partial charge on any atom is -0.497 e. The van der Waals surface area contributed by atoms with E-state index in [4.69, 9.17) is 9.47 Å². The molecule has 0 atom stereocenters. The fourth-order valence-corrected chi connectivity index (χ4v) is 4.98. The van der Waals surface area contributed by atoms with Crippen molar-refractivity contribution < 1.29 is 19.1 Å². The number of thioether (sulfide) groups is 2. The number of methoxy groups -OCH3 is 2. The molecule has 0 aliphatic carbocycles. The lowest BCUT2D eigenvalue weighted by molar-refractivity contribution is -0.119. The number of aromatic nitrogens is 2. The molecule has 0 saturated carbocycles. The monoisotopic (exact) mass is 530 g/mol. The maximum absolute atomic E-state index is 12.0. The Balaban J connectivity index is 1.34. The molecule has 2 amide bonds. The van der Waals surface area contributed by atoms with Gasteiger partial charge < -0.3 is 9.47 Å². The predicted molar refractivity (Wildman–Crippen MR) is 139 cm³/mol.